The Morgan fingerprint density at radius 1 is 1.65 bits per heavy atom. The number of anilines is 1. The van der Waals surface area contributed by atoms with Crippen molar-refractivity contribution in [3.63, 3.8) is 0 Å². The normalized spacial score (nSPS) is 22.7. The van der Waals surface area contributed by atoms with Gasteiger partial charge in [0.05, 0.1) is 29.3 Å². The maximum atomic E-state index is 12.6. The minimum Gasteiger partial charge on any atom is -0.375 e. The number of amides is 1. The minimum atomic E-state index is -0.0379. The van der Waals surface area contributed by atoms with Crippen molar-refractivity contribution in [3.8, 4) is 0 Å². The Balaban J connectivity index is 2.22. The third-order valence-electron chi connectivity index (χ3n) is 3.52. The number of rotatable bonds is 3. The van der Waals surface area contributed by atoms with Crippen LogP contribution in [0.15, 0.2) is 12.3 Å². The van der Waals surface area contributed by atoms with Crippen molar-refractivity contribution in [2.75, 3.05) is 25.5 Å². The number of pyridine rings is 1. The molecule has 2 atom stereocenters. The molecule has 1 aromatic heterocycles. The number of hydrogen-bond acceptors (Lipinski definition) is 4. The van der Waals surface area contributed by atoms with Gasteiger partial charge in [0.15, 0.2) is 0 Å². The molecule has 0 spiro atoms. The lowest BCUT2D eigenvalue weighted by atomic mass is 10.1. The van der Waals surface area contributed by atoms with Gasteiger partial charge in [-0.2, -0.15) is 0 Å². The molecule has 2 unspecified atom stereocenters. The molecule has 1 amide bonds. The van der Waals surface area contributed by atoms with Gasteiger partial charge in [-0.15, -0.1) is 0 Å². The van der Waals surface area contributed by atoms with Crippen LogP contribution in [0.3, 0.4) is 0 Å². The average molecular weight is 298 g/mol. The summed E-state index contributed by atoms with van der Waals surface area (Å²) in [7, 11) is 1.74. The van der Waals surface area contributed by atoms with Crippen LogP contribution < -0.4 is 5.32 Å². The van der Waals surface area contributed by atoms with Crippen LogP contribution in [0, 0.1) is 0 Å². The smallest absolute Gasteiger partial charge is 0.255 e. The van der Waals surface area contributed by atoms with Crippen LogP contribution in [-0.4, -0.2) is 48.1 Å². The standard InChI is InChI=1S/C14H20ClN3O2/c1-4-11-8-20-9(2)7-18(11)14(19)10-5-12(15)13(16-3)17-6-10/h5-6,9,11H,4,7-8H2,1-3H3,(H,16,17). The largest absolute Gasteiger partial charge is 0.375 e. The SMILES string of the molecule is CCC1COC(C)CN1C(=O)c1cnc(NC)c(Cl)c1. The van der Waals surface area contributed by atoms with Gasteiger partial charge in [-0.3, -0.25) is 4.79 Å². The molecular formula is C14H20ClN3O2. The zero-order valence-corrected chi connectivity index (χ0v) is 12.8. The zero-order chi connectivity index (χ0) is 14.7. The highest BCUT2D eigenvalue weighted by Gasteiger charge is 2.30. The van der Waals surface area contributed by atoms with E-state index in [2.05, 4.69) is 17.2 Å². The topological polar surface area (TPSA) is 54.5 Å². The van der Waals surface area contributed by atoms with Crippen LogP contribution in [-0.2, 0) is 4.74 Å². The van der Waals surface area contributed by atoms with Crippen molar-refractivity contribution in [1.29, 1.82) is 0 Å². The third-order valence-corrected chi connectivity index (χ3v) is 3.81. The fourth-order valence-corrected chi connectivity index (χ4v) is 2.60. The van der Waals surface area contributed by atoms with Crippen molar-refractivity contribution < 1.29 is 9.53 Å². The molecule has 0 aromatic carbocycles. The molecule has 0 aliphatic carbocycles. The molecule has 1 saturated heterocycles. The second kappa shape index (κ2) is 6.41. The number of ether oxygens (including phenoxy) is 1. The van der Waals surface area contributed by atoms with E-state index in [0.29, 0.717) is 29.6 Å². The van der Waals surface area contributed by atoms with Crippen molar-refractivity contribution in [2.24, 2.45) is 0 Å². The Bertz CT molecular complexity index is 495. The van der Waals surface area contributed by atoms with E-state index in [4.69, 9.17) is 16.3 Å². The van der Waals surface area contributed by atoms with E-state index >= 15 is 0 Å². The van der Waals surface area contributed by atoms with E-state index in [1.807, 2.05) is 11.8 Å². The highest BCUT2D eigenvalue weighted by molar-refractivity contribution is 6.33. The van der Waals surface area contributed by atoms with Crippen molar-refractivity contribution in [1.82, 2.24) is 9.88 Å². The van der Waals surface area contributed by atoms with Gasteiger partial charge in [0, 0.05) is 19.8 Å². The fourth-order valence-electron chi connectivity index (χ4n) is 2.34. The molecule has 1 aliphatic rings. The first-order chi connectivity index (χ1) is 9.56. The summed E-state index contributed by atoms with van der Waals surface area (Å²) in [4.78, 5) is 18.6. The number of carbonyl (C=O) groups is 1. The maximum Gasteiger partial charge on any atom is 0.255 e. The molecule has 0 radical (unpaired) electrons. The Morgan fingerprint density at radius 3 is 3.00 bits per heavy atom. The summed E-state index contributed by atoms with van der Waals surface area (Å²) >= 11 is 6.09. The van der Waals surface area contributed by atoms with Gasteiger partial charge >= 0.3 is 0 Å². The first-order valence-corrected chi connectivity index (χ1v) is 7.20. The van der Waals surface area contributed by atoms with Crippen LogP contribution in [0.1, 0.15) is 30.6 Å². The van der Waals surface area contributed by atoms with E-state index in [-0.39, 0.29) is 18.1 Å². The summed E-state index contributed by atoms with van der Waals surface area (Å²) in [6.45, 7) is 5.21. The second-order valence-electron chi connectivity index (χ2n) is 4.97. The monoisotopic (exact) mass is 297 g/mol. The third kappa shape index (κ3) is 3.04. The van der Waals surface area contributed by atoms with Crippen LogP contribution >= 0.6 is 11.6 Å². The second-order valence-corrected chi connectivity index (χ2v) is 5.38. The Hall–Kier alpha value is -1.33. The first kappa shape index (κ1) is 15.1. The van der Waals surface area contributed by atoms with Gasteiger partial charge in [-0.1, -0.05) is 18.5 Å². The highest BCUT2D eigenvalue weighted by atomic mass is 35.5. The summed E-state index contributed by atoms with van der Waals surface area (Å²) in [5.41, 5.74) is 0.515. The predicted molar refractivity (Wildman–Crippen MR) is 79.3 cm³/mol. The van der Waals surface area contributed by atoms with Crippen LogP contribution in [0.4, 0.5) is 5.82 Å². The molecule has 0 bridgehead atoms. The molecule has 2 heterocycles. The molecule has 1 N–H and O–H groups in total. The fraction of sp³-hybridized carbons (Fsp3) is 0.571. The quantitative estimate of drug-likeness (QED) is 0.931. The Labute approximate surface area is 124 Å². The zero-order valence-electron chi connectivity index (χ0n) is 12.0. The lowest BCUT2D eigenvalue weighted by molar-refractivity contribution is -0.0444. The molecule has 2 rings (SSSR count). The maximum absolute atomic E-state index is 12.6. The van der Waals surface area contributed by atoms with E-state index in [1.54, 1.807) is 19.3 Å². The number of hydrogen-bond donors (Lipinski definition) is 1. The molecular weight excluding hydrogens is 278 g/mol. The van der Waals surface area contributed by atoms with Crippen molar-refractivity contribution in [3.05, 3.63) is 22.8 Å². The first-order valence-electron chi connectivity index (χ1n) is 6.82. The van der Waals surface area contributed by atoms with E-state index in [0.717, 1.165) is 6.42 Å². The van der Waals surface area contributed by atoms with E-state index < -0.39 is 0 Å². The van der Waals surface area contributed by atoms with Crippen LogP contribution in [0.5, 0.6) is 0 Å². The lowest BCUT2D eigenvalue weighted by Crippen LogP contribution is -2.51. The van der Waals surface area contributed by atoms with Gasteiger partial charge in [-0.05, 0) is 19.4 Å². The van der Waals surface area contributed by atoms with Crippen LogP contribution in [0.25, 0.3) is 0 Å². The molecule has 1 aromatic rings. The van der Waals surface area contributed by atoms with Gasteiger partial charge in [0.1, 0.15) is 5.82 Å². The van der Waals surface area contributed by atoms with Crippen molar-refractivity contribution in [2.45, 2.75) is 32.4 Å². The number of halogens is 1. The van der Waals surface area contributed by atoms with Gasteiger partial charge in [0.2, 0.25) is 0 Å². The molecule has 1 fully saturated rings. The number of carbonyl (C=O) groups excluding carboxylic acids is 1. The summed E-state index contributed by atoms with van der Waals surface area (Å²) < 4.78 is 5.61. The lowest BCUT2D eigenvalue weighted by Gasteiger charge is -2.38. The summed E-state index contributed by atoms with van der Waals surface area (Å²) in [5, 5.41) is 3.33. The predicted octanol–water partition coefficient (Wildman–Crippen LogP) is 2.42. The summed E-state index contributed by atoms with van der Waals surface area (Å²) in [6, 6.07) is 1.77. The average Bonchev–Trinajstić information content (AvgIpc) is 2.46. The van der Waals surface area contributed by atoms with Crippen LogP contribution in [0.2, 0.25) is 5.02 Å². The molecule has 0 saturated carbocycles. The Kier molecular flexibility index (Phi) is 4.83. The van der Waals surface area contributed by atoms with Gasteiger partial charge in [-0.25, -0.2) is 4.98 Å². The highest BCUT2D eigenvalue weighted by Crippen LogP contribution is 2.22. The molecule has 110 valence electrons. The number of aromatic nitrogens is 1. The molecule has 1 aliphatic heterocycles. The number of nitrogens with one attached hydrogen (secondary N) is 1. The van der Waals surface area contributed by atoms with Gasteiger partial charge < -0.3 is 15.0 Å². The molecule has 20 heavy (non-hydrogen) atoms. The molecule has 6 heteroatoms. The number of nitrogens with zero attached hydrogens (tertiary/aromatic N) is 2. The Morgan fingerprint density at radius 2 is 2.40 bits per heavy atom. The minimum absolute atomic E-state index is 0.0379. The summed E-state index contributed by atoms with van der Waals surface area (Å²) in [6.07, 6.45) is 2.49. The number of morpholine rings is 1. The summed E-state index contributed by atoms with van der Waals surface area (Å²) in [5.74, 6) is 0.537. The van der Waals surface area contributed by atoms with Gasteiger partial charge in [0.25, 0.3) is 5.91 Å². The molecule has 5 nitrogen and oxygen atoms in total. The van der Waals surface area contributed by atoms with E-state index in [1.165, 1.54) is 0 Å². The van der Waals surface area contributed by atoms with E-state index in [9.17, 15) is 4.79 Å². The van der Waals surface area contributed by atoms with Crippen molar-refractivity contribution >= 4 is 23.3 Å².